The van der Waals surface area contributed by atoms with Crippen LogP contribution in [-0.2, 0) is 14.4 Å². The molecule has 3 amide bonds. The maximum atomic E-state index is 13.6. The van der Waals surface area contributed by atoms with Crippen molar-refractivity contribution in [1.29, 1.82) is 0 Å². The molecule has 3 aromatic carbocycles. The van der Waals surface area contributed by atoms with E-state index in [2.05, 4.69) is 10.6 Å². The van der Waals surface area contributed by atoms with E-state index < -0.39 is 23.8 Å². The zero-order chi connectivity index (χ0) is 26.8. The van der Waals surface area contributed by atoms with Crippen LogP contribution >= 0.6 is 0 Å². The van der Waals surface area contributed by atoms with Crippen LogP contribution in [0.25, 0.3) is 11.1 Å². The Labute approximate surface area is 218 Å². The highest BCUT2D eigenvalue weighted by Gasteiger charge is 2.29. The van der Waals surface area contributed by atoms with Gasteiger partial charge in [0.2, 0.25) is 17.7 Å². The predicted molar refractivity (Wildman–Crippen MR) is 143 cm³/mol. The molecule has 37 heavy (non-hydrogen) atoms. The molecule has 3 aromatic rings. The van der Waals surface area contributed by atoms with Gasteiger partial charge in [0.05, 0.1) is 6.04 Å². The van der Waals surface area contributed by atoms with E-state index in [0.717, 1.165) is 16.7 Å². The number of rotatable bonds is 11. The Morgan fingerprint density at radius 1 is 0.730 bits per heavy atom. The molecule has 0 bridgehead atoms. The molecule has 0 aliphatic rings. The monoisotopic (exact) mass is 501 g/mol. The van der Waals surface area contributed by atoms with Crippen molar-refractivity contribution in [3.8, 4) is 11.1 Å². The average Bonchev–Trinajstić information content (AvgIpc) is 2.91. The van der Waals surface area contributed by atoms with Crippen molar-refractivity contribution in [2.75, 3.05) is 0 Å². The fourth-order valence-corrected chi connectivity index (χ4v) is 4.33. The van der Waals surface area contributed by atoms with E-state index in [1.807, 2.05) is 106 Å². The van der Waals surface area contributed by atoms with Gasteiger partial charge in [-0.05, 0) is 47.6 Å². The second kappa shape index (κ2) is 13.4. The lowest BCUT2D eigenvalue weighted by molar-refractivity contribution is -0.136. The van der Waals surface area contributed by atoms with Crippen molar-refractivity contribution >= 4 is 17.7 Å². The average molecular weight is 502 g/mol. The summed E-state index contributed by atoms with van der Waals surface area (Å²) in [7, 11) is 0. The summed E-state index contributed by atoms with van der Waals surface area (Å²) >= 11 is 0. The summed E-state index contributed by atoms with van der Waals surface area (Å²) < 4.78 is 0. The van der Waals surface area contributed by atoms with Gasteiger partial charge < -0.3 is 10.6 Å². The highest BCUT2D eigenvalue weighted by Crippen LogP contribution is 2.25. The van der Waals surface area contributed by atoms with E-state index in [1.54, 1.807) is 5.48 Å². The molecule has 3 atom stereocenters. The van der Waals surface area contributed by atoms with Crippen molar-refractivity contribution in [1.82, 2.24) is 16.1 Å². The smallest absolute Gasteiger partial charge is 0.247 e. The van der Waals surface area contributed by atoms with Crippen molar-refractivity contribution in [3.63, 3.8) is 0 Å². The van der Waals surface area contributed by atoms with E-state index >= 15 is 0 Å². The maximum absolute atomic E-state index is 13.6. The summed E-state index contributed by atoms with van der Waals surface area (Å²) in [4.78, 5) is 38.8. The van der Waals surface area contributed by atoms with E-state index in [9.17, 15) is 14.4 Å². The minimum atomic E-state index is -0.978. The fourth-order valence-electron chi connectivity index (χ4n) is 4.33. The third-order valence-electron chi connectivity index (χ3n) is 6.22. The Bertz CT molecular complexity index is 1180. The molecule has 0 aromatic heterocycles. The number of benzene rings is 3. The van der Waals surface area contributed by atoms with Gasteiger partial charge in [-0.25, -0.2) is 5.48 Å². The first-order chi connectivity index (χ1) is 17.8. The number of nitrogens with one attached hydrogen (secondary N) is 3. The zero-order valence-corrected chi connectivity index (χ0v) is 21.5. The van der Waals surface area contributed by atoms with Crippen LogP contribution in [0.1, 0.15) is 56.8 Å². The van der Waals surface area contributed by atoms with Crippen LogP contribution in [0, 0.1) is 11.8 Å². The standard InChI is InChI=1S/C30H35N3O4/c1-20(2)17-26(19-27(34)33-37)29(35)32-28(30(36)31-21(3)22-11-6-4-7-12-22)25-16-10-15-24(18-25)23-13-8-5-9-14-23/h4-16,18,20-21,26,28,37H,17,19H2,1-3H3,(H,31,36)(H,32,35)(H,33,34)/t21-,26+,28?/m0/s1. The van der Waals surface area contributed by atoms with Gasteiger partial charge in [-0.3, -0.25) is 19.6 Å². The van der Waals surface area contributed by atoms with Gasteiger partial charge >= 0.3 is 0 Å². The van der Waals surface area contributed by atoms with E-state index in [-0.39, 0.29) is 24.3 Å². The molecule has 7 heteroatoms. The molecule has 1 unspecified atom stereocenters. The molecule has 0 aliphatic heterocycles. The van der Waals surface area contributed by atoms with Crippen LogP contribution in [-0.4, -0.2) is 22.9 Å². The lowest BCUT2D eigenvalue weighted by atomic mass is 9.92. The Balaban J connectivity index is 1.92. The molecule has 7 nitrogen and oxygen atoms in total. The number of carbonyl (C=O) groups is 3. The predicted octanol–water partition coefficient (Wildman–Crippen LogP) is 4.95. The Hall–Kier alpha value is -3.97. The summed E-state index contributed by atoms with van der Waals surface area (Å²) in [5.41, 5.74) is 5.08. The fraction of sp³-hybridized carbons (Fsp3) is 0.300. The molecule has 0 aliphatic carbocycles. The Kier molecular flexibility index (Phi) is 9.98. The van der Waals surface area contributed by atoms with Gasteiger partial charge in [0.1, 0.15) is 6.04 Å². The third-order valence-corrected chi connectivity index (χ3v) is 6.22. The number of hydrogen-bond donors (Lipinski definition) is 4. The molecular formula is C30H35N3O4. The number of hydroxylamine groups is 1. The van der Waals surface area contributed by atoms with E-state index in [4.69, 9.17) is 5.21 Å². The summed E-state index contributed by atoms with van der Waals surface area (Å²) in [6, 6.07) is 25.6. The SMILES string of the molecule is CC(C)C[C@H](CC(=O)NO)C(=O)NC(C(=O)N[C@@H](C)c1ccccc1)c1cccc(-c2ccccc2)c1. The minimum absolute atomic E-state index is 0.133. The maximum Gasteiger partial charge on any atom is 0.247 e. The topological polar surface area (TPSA) is 108 Å². The van der Waals surface area contributed by atoms with Crippen LogP contribution in [0.4, 0.5) is 0 Å². The molecule has 0 saturated carbocycles. The zero-order valence-electron chi connectivity index (χ0n) is 21.5. The van der Waals surface area contributed by atoms with Gasteiger partial charge in [-0.1, -0.05) is 92.7 Å². The quantitative estimate of drug-likeness (QED) is 0.220. The first-order valence-electron chi connectivity index (χ1n) is 12.5. The first-order valence-corrected chi connectivity index (χ1v) is 12.5. The first kappa shape index (κ1) is 27.6. The van der Waals surface area contributed by atoms with Crippen molar-refractivity contribution < 1.29 is 19.6 Å². The Morgan fingerprint density at radius 3 is 1.95 bits per heavy atom. The second-order valence-electron chi connectivity index (χ2n) is 9.64. The number of amides is 3. The molecule has 4 N–H and O–H groups in total. The van der Waals surface area contributed by atoms with E-state index in [0.29, 0.717) is 12.0 Å². The van der Waals surface area contributed by atoms with Crippen LogP contribution < -0.4 is 16.1 Å². The van der Waals surface area contributed by atoms with Crippen molar-refractivity contribution in [3.05, 3.63) is 96.1 Å². The van der Waals surface area contributed by atoms with Gasteiger partial charge in [0, 0.05) is 12.3 Å². The van der Waals surface area contributed by atoms with Crippen molar-refractivity contribution in [2.24, 2.45) is 11.8 Å². The summed E-state index contributed by atoms with van der Waals surface area (Å²) in [6.45, 7) is 5.79. The van der Waals surface area contributed by atoms with Crippen LogP contribution in [0.15, 0.2) is 84.9 Å². The molecular weight excluding hydrogens is 466 g/mol. The van der Waals surface area contributed by atoms with Gasteiger partial charge in [0.15, 0.2) is 0 Å². The van der Waals surface area contributed by atoms with E-state index in [1.165, 1.54) is 0 Å². The Morgan fingerprint density at radius 2 is 1.32 bits per heavy atom. The highest BCUT2D eigenvalue weighted by atomic mass is 16.5. The summed E-state index contributed by atoms with van der Waals surface area (Å²) in [5.74, 6) is -1.99. The van der Waals surface area contributed by atoms with Crippen LogP contribution in [0.5, 0.6) is 0 Å². The van der Waals surface area contributed by atoms with Gasteiger partial charge in [0.25, 0.3) is 0 Å². The normalized spacial score (nSPS) is 13.3. The van der Waals surface area contributed by atoms with Crippen molar-refractivity contribution in [2.45, 2.75) is 45.7 Å². The minimum Gasteiger partial charge on any atom is -0.347 e. The molecule has 3 rings (SSSR count). The van der Waals surface area contributed by atoms with Crippen LogP contribution in [0.2, 0.25) is 0 Å². The lowest BCUT2D eigenvalue weighted by Crippen LogP contribution is -2.44. The molecule has 0 fully saturated rings. The molecule has 0 radical (unpaired) electrons. The highest BCUT2D eigenvalue weighted by molar-refractivity contribution is 5.91. The molecule has 194 valence electrons. The summed E-state index contributed by atoms with van der Waals surface area (Å²) in [5, 5.41) is 14.9. The summed E-state index contributed by atoms with van der Waals surface area (Å²) in [6.07, 6.45) is 0.247. The lowest BCUT2D eigenvalue weighted by Gasteiger charge is -2.25. The van der Waals surface area contributed by atoms with Crippen LogP contribution in [0.3, 0.4) is 0 Å². The molecule has 0 heterocycles. The van der Waals surface area contributed by atoms with Gasteiger partial charge in [-0.15, -0.1) is 0 Å². The largest absolute Gasteiger partial charge is 0.347 e. The van der Waals surface area contributed by atoms with Gasteiger partial charge in [-0.2, -0.15) is 0 Å². The number of hydrogen-bond acceptors (Lipinski definition) is 4. The second-order valence-corrected chi connectivity index (χ2v) is 9.64. The third kappa shape index (κ3) is 8.02. The molecule has 0 spiro atoms. The molecule has 0 saturated heterocycles. The number of carbonyl (C=O) groups excluding carboxylic acids is 3.